The van der Waals surface area contributed by atoms with E-state index in [4.69, 9.17) is 0 Å². The summed E-state index contributed by atoms with van der Waals surface area (Å²) in [5, 5.41) is 3.71. The summed E-state index contributed by atoms with van der Waals surface area (Å²) in [6.45, 7) is 11.7. The second-order valence-corrected chi connectivity index (χ2v) is 6.30. The van der Waals surface area contributed by atoms with E-state index in [0.29, 0.717) is 11.5 Å². The molecule has 1 fully saturated rings. The highest BCUT2D eigenvalue weighted by atomic mass is 15.1. The first-order valence-electron chi connectivity index (χ1n) is 6.88. The normalized spacial score (nSPS) is 26.2. The van der Waals surface area contributed by atoms with Crippen LogP contribution in [0, 0.1) is 5.41 Å². The van der Waals surface area contributed by atoms with Crippen LogP contribution in [0.15, 0.2) is 0 Å². The van der Waals surface area contributed by atoms with Gasteiger partial charge < -0.3 is 10.2 Å². The van der Waals surface area contributed by atoms with Crippen molar-refractivity contribution in [3.05, 3.63) is 0 Å². The highest BCUT2D eigenvalue weighted by Gasteiger charge is 2.30. The van der Waals surface area contributed by atoms with E-state index in [1.165, 1.54) is 32.2 Å². The zero-order valence-corrected chi connectivity index (χ0v) is 11.8. The molecule has 0 saturated heterocycles. The molecule has 2 unspecified atom stereocenters. The molecule has 0 aromatic rings. The average molecular weight is 226 g/mol. The smallest absolute Gasteiger partial charge is 0.0107 e. The largest absolute Gasteiger partial charge is 0.313 e. The summed E-state index contributed by atoms with van der Waals surface area (Å²) in [4.78, 5) is 2.45. The van der Waals surface area contributed by atoms with E-state index in [9.17, 15) is 0 Å². The first kappa shape index (κ1) is 14.0. The zero-order valence-electron chi connectivity index (χ0n) is 11.8. The summed E-state index contributed by atoms with van der Waals surface area (Å²) in [5.41, 5.74) is 0.570. The summed E-state index contributed by atoms with van der Waals surface area (Å²) >= 11 is 0. The zero-order chi connectivity index (χ0) is 12.2. The molecule has 96 valence electrons. The molecule has 0 amide bonds. The van der Waals surface area contributed by atoms with Gasteiger partial charge in [-0.25, -0.2) is 0 Å². The average Bonchev–Trinajstić information content (AvgIpc) is 2.57. The van der Waals surface area contributed by atoms with Crippen LogP contribution < -0.4 is 5.32 Å². The van der Waals surface area contributed by atoms with E-state index >= 15 is 0 Å². The van der Waals surface area contributed by atoms with Crippen LogP contribution in [0.5, 0.6) is 0 Å². The Labute approximate surface area is 102 Å². The quantitative estimate of drug-likeness (QED) is 0.749. The molecule has 2 atom stereocenters. The van der Waals surface area contributed by atoms with Crippen LogP contribution in [0.1, 0.15) is 53.4 Å². The molecule has 0 heterocycles. The maximum Gasteiger partial charge on any atom is 0.0107 e. The molecule has 2 heteroatoms. The summed E-state index contributed by atoms with van der Waals surface area (Å²) in [5.74, 6) is 0. The highest BCUT2D eigenvalue weighted by molar-refractivity contribution is 4.86. The molecular formula is C14H30N2. The maximum absolute atomic E-state index is 3.71. The van der Waals surface area contributed by atoms with Crippen molar-refractivity contribution in [1.82, 2.24) is 10.2 Å². The standard InChI is InChI=1S/C14H30N2/c1-6-12(2)16(5)10-9-15-13-7-8-14(3,4)11-13/h12-13,15H,6-11H2,1-5H3. The van der Waals surface area contributed by atoms with Gasteiger partial charge in [0.2, 0.25) is 0 Å². The third kappa shape index (κ3) is 4.42. The second-order valence-electron chi connectivity index (χ2n) is 6.30. The Kier molecular flexibility index (Phi) is 5.26. The molecule has 2 nitrogen and oxygen atoms in total. The Morgan fingerprint density at radius 1 is 1.44 bits per heavy atom. The van der Waals surface area contributed by atoms with Crippen LogP contribution >= 0.6 is 0 Å². The van der Waals surface area contributed by atoms with Crippen molar-refractivity contribution < 1.29 is 0 Å². The van der Waals surface area contributed by atoms with E-state index in [0.717, 1.165) is 12.6 Å². The van der Waals surface area contributed by atoms with Crippen LogP contribution in [0.2, 0.25) is 0 Å². The van der Waals surface area contributed by atoms with Gasteiger partial charge in [0.15, 0.2) is 0 Å². The van der Waals surface area contributed by atoms with Crippen LogP contribution in [0.25, 0.3) is 0 Å². The number of nitrogens with zero attached hydrogens (tertiary/aromatic N) is 1. The lowest BCUT2D eigenvalue weighted by Crippen LogP contribution is -2.38. The first-order chi connectivity index (χ1) is 7.44. The number of rotatable bonds is 6. The van der Waals surface area contributed by atoms with Gasteiger partial charge in [-0.15, -0.1) is 0 Å². The molecule has 0 bridgehead atoms. The van der Waals surface area contributed by atoms with Crippen molar-refractivity contribution in [3.63, 3.8) is 0 Å². The molecule has 1 N–H and O–H groups in total. The van der Waals surface area contributed by atoms with E-state index in [1.54, 1.807) is 0 Å². The van der Waals surface area contributed by atoms with Gasteiger partial charge in [-0.2, -0.15) is 0 Å². The number of nitrogens with one attached hydrogen (secondary N) is 1. The van der Waals surface area contributed by atoms with Crippen molar-refractivity contribution in [2.75, 3.05) is 20.1 Å². The van der Waals surface area contributed by atoms with Gasteiger partial charge in [-0.05, 0) is 45.1 Å². The van der Waals surface area contributed by atoms with Gasteiger partial charge in [0.05, 0.1) is 0 Å². The predicted molar refractivity (Wildman–Crippen MR) is 71.8 cm³/mol. The summed E-state index contributed by atoms with van der Waals surface area (Å²) in [7, 11) is 2.23. The number of likely N-dealkylation sites (N-methyl/N-ethyl adjacent to an activating group) is 1. The van der Waals surface area contributed by atoms with Gasteiger partial charge in [0, 0.05) is 25.2 Å². The van der Waals surface area contributed by atoms with Gasteiger partial charge in [0.25, 0.3) is 0 Å². The lowest BCUT2D eigenvalue weighted by atomic mass is 9.92. The Bertz CT molecular complexity index is 201. The predicted octanol–water partition coefficient (Wildman–Crippen LogP) is 2.89. The molecule has 1 saturated carbocycles. The lowest BCUT2D eigenvalue weighted by molar-refractivity contribution is 0.247. The Hall–Kier alpha value is -0.0800. The minimum Gasteiger partial charge on any atom is -0.313 e. The number of hydrogen-bond donors (Lipinski definition) is 1. The van der Waals surface area contributed by atoms with Crippen LogP contribution in [-0.4, -0.2) is 37.1 Å². The molecule has 1 rings (SSSR count). The fourth-order valence-electron chi connectivity index (χ4n) is 2.59. The Balaban J connectivity index is 2.12. The first-order valence-corrected chi connectivity index (χ1v) is 6.88. The minimum absolute atomic E-state index is 0.570. The van der Waals surface area contributed by atoms with Gasteiger partial charge >= 0.3 is 0 Å². The van der Waals surface area contributed by atoms with Crippen molar-refractivity contribution in [1.29, 1.82) is 0 Å². The second kappa shape index (κ2) is 6.02. The van der Waals surface area contributed by atoms with Crippen molar-refractivity contribution in [3.8, 4) is 0 Å². The molecule has 16 heavy (non-hydrogen) atoms. The molecule has 0 radical (unpaired) electrons. The van der Waals surface area contributed by atoms with Gasteiger partial charge in [0.1, 0.15) is 0 Å². The molecule has 1 aliphatic rings. The maximum atomic E-state index is 3.71. The monoisotopic (exact) mass is 226 g/mol. The number of hydrogen-bond acceptors (Lipinski definition) is 2. The fraction of sp³-hybridized carbons (Fsp3) is 1.00. The van der Waals surface area contributed by atoms with Crippen molar-refractivity contribution in [2.45, 2.75) is 65.5 Å². The van der Waals surface area contributed by atoms with E-state index in [-0.39, 0.29) is 0 Å². The molecular weight excluding hydrogens is 196 g/mol. The Morgan fingerprint density at radius 2 is 2.12 bits per heavy atom. The van der Waals surface area contributed by atoms with Crippen molar-refractivity contribution in [2.24, 2.45) is 5.41 Å². The van der Waals surface area contributed by atoms with Crippen LogP contribution in [0.4, 0.5) is 0 Å². The molecule has 0 aromatic carbocycles. The SMILES string of the molecule is CCC(C)N(C)CCNC1CCC(C)(C)C1. The van der Waals surface area contributed by atoms with Gasteiger partial charge in [-0.3, -0.25) is 0 Å². The van der Waals surface area contributed by atoms with E-state index < -0.39 is 0 Å². The highest BCUT2D eigenvalue weighted by Crippen LogP contribution is 2.36. The topological polar surface area (TPSA) is 15.3 Å². The molecule has 1 aliphatic carbocycles. The summed E-state index contributed by atoms with van der Waals surface area (Å²) in [6, 6.07) is 1.47. The lowest BCUT2D eigenvalue weighted by Gasteiger charge is -2.24. The fourth-order valence-corrected chi connectivity index (χ4v) is 2.59. The van der Waals surface area contributed by atoms with E-state index in [1.807, 2.05) is 0 Å². The van der Waals surface area contributed by atoms with Crippen molar-refractivity contribution >= 4 is 0 Å². The third-order valence-electron chi connectivity index (χ3n) is 4.21. The summed E-state index contributed by atoms with van der Waals surface area (Å²) in [6.07, 6.45) is 5.33. The van der Waals surface area contributed by atoms with Crippen LogP contribution in [-0.2, 0) is 0 Å². The van der Waals surface area contributed by atoms with E-state index in [2.05, 4.69) is 45.0 Å². The summed E-state index contributed by atoms with van der Waals surface area (Å²) < 4.78 is 0. The van der Waals surface area contributed by atoms with Crippen LogP contribution in [0.3, 0.4) is 0 Å². The van der Waals surface area contributed by atoms with Gasteiger partial charge in [-0.1, -0.05) is 20.8 Å². The third-order valence-corrected chi connectivity index (χ3v) is 4.21. The minimum atomic E-state index is 0.570. The Morgan fingerprint density at radius 3 is 2.62 bits per heavy atom. The molecule has 0 aliphatic heterocycles. The molecule has 0 aromatic heterocycles. The molecule has 0 spiro atoms.